The Balaban J connectivity index is 1.64. The van der Waals surface area contributed by atoms with Gasteiger partial charge < -0.3 is 9.84 Å². The Labute approximate surface area is 221 Å². The van der Waals surface area contributed by atoms with Gasteiger partial charge in [-0.1, -0.05) is 42.5 Å². The predicted molar refractivity (Wildman–Crippen MR) is 143 cm³/mol. The van der Waals surface area contributed by atoms with Gasteiger partial charge >= 0.3 is 0 Å². The van der Waals surface area contributed by atoms with Crippen LogP contribution in [0.25, 0.3) is 11.1 Å². The largest absolute Gasteiger partial charge is 0.492 e. The molecule has 0 bridgehead atoms. The van der Waals surface area contributed by atoms with Crippen LogP contribution in [-0.4, -0.2) is 41.8 Å². The Morgan fingerprint density at radius 3 is 2.42 bits per heavy atom. The molecule has 0 spiro atoms. The molecule has 0 radical (unpaired) electrons. The number of aromatic nitrogens is 3. The molecule has 1 atom stereocenters. The van der Waals surface area contributed by atoms with Crippen LogP contribution in [0, 0.1) is 12.8 Å². The quantitative estimate of drug-likeness (QED) is 0.342. The Morgan fingerprint density at radius 2 is 1.79 bits per heavy atom. The van der Waals surface area contributed by atoms with Crippen molar-refractivity contribution in [3.8, 4) is 17.0 Å². The SMILES string of the molecule is COC[C@@H](c1ccccc1)n1c(CC2CC2)nc(O)c(S(=O)(=O)c2ccc(-c3ccncc3C)cc2)c1=O. The molecule has 0 aliphatic heterocycles. The molecule has 0 unspecified atom stereocenters. The Kier molecular flexibility index (Phi) is 7.14. The predicted octanol–water partition coefficient (Wildman–Crippen LogP) is 4.34. The van der Waals surface area contributed by atoms with Crippen LogP contribution in [0.1, 0.15) is 35.8 Å². The summed E-state index contributed by atoms with van der Waals surface area (Å²) in [6.07, 6.45) is 5.88. The summed E-state index contributed by atoms with van der Waals surface area (Å²) in [5.74, 6) is -0.0818. The van der Waals surface area contributed by atoms with Crippen LogP contribution >= 0.6 is 0 Å². The van der Waals surface area contributed by atoms with Gasteiger partial charge in [0.2, 0.25) is 15.7 Å². The van der Waals surface area contributed by atoms with Gasteiger partial charge in [0.05, 0.1) is 17.5 Å². The molecular formula is C29H29N3O5S. The number of nitrogens with zero attached hydrogens (tertiary/aromatic N) is 3. The number of aromatic hydroxyl groups is 1. The lowest BCUT2D eigenvalue weighted by Crippen LogP contribution is -2.35. The highest BCUT2D eigenvalue weighted by Gasteiger charge is 2.34. The van der Waals surface area contributed by atoms with Crippen molar-refractivity contribution < 1.29 is 18.3 Å². The van der Waals surface area contributed by atoms with Crippen molar-refractivity contribution in [1.82, 2.24) is 14.5 Å². The highest BCUT2D eigenvalue weighted by Crippen LogP contribution is 2.35. The molecule has 2 aromatic carbocycles. The molecular weight excluding hydrogens is 502 g/mol. The molecule has 1 saturated carbocycles. The highest BCUT2D eigenvalue weighted by atomic mass is 32.2. The zero-order valence-corrected chi connectivity index (χ0v) is 22.1. The second kappa shape index (κ2) is 10.5. The molecule has 2 heterocycles. The van der Waals surface area contributed by atoms with Crippen LogP contribution in [0.3, 0.4) is 0 Å². The lowest BCUT2D eigenvalue weighted by atomic mass is 10.0. The van der Waals surface area contributed by atoms with E-state index in [0.29, 0.717) is 18.2 Å². The van der Waals surface area contributed by atoms with E-state index >= 15 is 0 Å². The van der Waals surface area contributed by atoms with Gasteiger partial charge in [0, 0.05) is 25.9 Å². The third-order valence-electron chi connectivity index (χ3n) is 6.88. The molecule has 9 heteroatoms. The first kappa shape index (κ1) is 25.8. The maximum absolute atomic E-state index is 14.0. The Morgan fingerprint density at radius 1 is 1.08 bits per heavy atom. The van der Waals surface area contributed by atoms with E-state index in [0.717, 1.165) is 35.1 Å². The molecule has 4 aromatic rings. The molecule has 8 nitrogen and oxygen atoms in total. The molecule has 0 saturated heterocycles. The zero-order valence-electron chi connectivity index (χ0n) is 21.2. The number of methoxy groups -OCH3 is 1. The first-order chi connectivity index (χ1) is 18.3. The molecule has 1 aliphatic rings. The van der Waals surface area contributed by atoms with E-state index in [1.807, 2.05) is 43.3 Å². The van der Waals surface area contributed by atoms with Crippen molar-refractivity contribution in [3.05, 3.63) is 100 Å². The van der Waals surface area contributed by atoms with Crippen LogP contribution in [0.5, 0.6) is 5.88 Å². The summed E-state index contributed by atoms with van der Waals surface area (Å²) >= 11 is 0. The van der Waals surface area contributed by atoms with E-state index in [4.69, 9.17) is 4.74 Å². The number of sulfone groups is 1. The molecule has 0 amide bonds. The van der Waals surface area contributed by atoms with E-state index in [-0.39, 0.29) is 11.5 Å². The fraction of sp³-hybridized carbons (Fsp3) is 0.276. The van der Waals surface area contributed by atoms with Crippen molar-refractivity contribution >= 4 is 9.84 Å². The Bertz CT molecular complexity index is 1610. The van der Waals surface area contributed by atoms with Crippen LogP contribution in [0.2, 0.25) is 0 Å². The summed E-state index contributed by atoms with van der Waals surface area (Å²) in [6.45, 7) is 2.05. The monoisotopic (exact) mass is 531 g/mol. The van der Waals surface area contributed by atoms with Crippen molar-refractivity contribution in [3.63, 3.8) is 0 Å². The van der Waals surface area contributed by atoms with E-state index in [1.54, 1.807) is 24.5 Å². The van der Waals surface area contributed by atoms with Gasteiger partial charge in [-0.2, -0.15) is 4.98 Å². The Hall–Kier alpha value is -3.82. The minimum absolute atomic E-state index is 0.105. The van der Waals surface area contributed by atoms with Crippen LogP contribution < -0.4 is 5.56 Å². The van der Waals surface area contributed by atoms with E-state index < -0.39 is 32.2 Å². The van der Waals surface area contributed by atoms with Gasteiger partial charge in [-0.3, -0.25) is 14.3 Å². The van der Waals surface area contributed by atoms with Gasteiger partial charge in [-0.15, -0.1) is 0 Å². The topological polar surface area (TPSA) is 111 Å². The van der Waals surface area contributed by atoms with Crippen LogP contribution in [0.4, 0.5) is 0 Å². The van der Waals surface area contributed by atoms with Crippen LogP contribution in [0.15, 0.2) is 87.6 Å². The minimum Gasteiger partial charge on any atom is -0.492 e. The summed E-state index contributed by atoms with van der Waals surface area (Å²) in [5.41, 5.74) is 2.65. The fourth-order valence-electron chi connectivity index (χ4n) is 4.71. The number of rotatable bonds is 9. The fourth-order valence-corrected chi connectivity index (χ4v) is 6.06. The number of hydrogen-bond donors (Lipinski definition) is 1. The van der Waals surface area contributed by atoms with Gasteiger partial charge in [0.25, 0.3) is 5.56 Å². The van der Waals surface area contributed by atoms with Gasteiger partial charge in [0.1, 0.15) is 5.82 Å². The van der Waals surface area contributed by atoms with Crippen LogP contribution in [-0.2, 0) is 21.0 Å². The third kappa shape index (κ3) is 4.99. The standard InChI is InChI=1S/C29H29N3O5S/c1-19-17-30-15-14-24(19)21-10-12-23(13-11-21)38(35,36)27-28(33)31-26(16-20-8-9-20)32(29(27)34)25(18-37-2)22-6-4-3-5-7-22/h3-7,10-15,17,20,25,33H,8-9,16,18H2,1-2H3/t25-/m0/s1. The number of hydrogen-bond acceptors (Lipinski definition) is 7. The summed E-state index contributed by atoms with van der Waals surface area (Å²) in [6, 6.07) is 16.8. The smallest absolute Gasteiger partial charge is 0.277 e. The van der Waals surface area contributed by atoms with E-state index in [1.165, 1.54) is 23.8 Å². The number of ether oxygens (including phenoxy) is 1. The molecule has 1 aliphatic carbocycles. The summed E-state index contributed by atoms with van der Waals surface area (Å²) < 4.78 is 34.3. The first-order valence-corrected chi connectivity index (χ1v) is 13.9. The lowest BCUT2D eigenvalue weighted by Gasteiger charge is -2.24. The summed E-state index contributed by atoms with van der Waals surface area (Å²) in [5, 5.41) is 10.8. The summed E-state index contributed by atoms with van der Waals surface area (Å²) in [4.78, 5) is 21.5. The number of aryl methyl sites for hydroxylation is 1. The highest BCUT2D eigenvalue weighted by molar-refractivity contribution is 7.91. The zero-order chi connectivity index (χ0) is 26.9. The summed E-state index contributed by atoms with van der Waals surface area (Å²) in [7, 11) is -2.86. The number of benzene rings is 2. The van der Waals surface area contributed by atoms with Crippen molar-refractivity contribution in [2.24, 2.45) is 5.92 Å². The lowest BCUT2D eigenvalue weighted by molar-refractivity contribution is 0.165. The molecule has 1 N–H and O–H groups in total. The average molecular weight is 532 g/mol. The third-order valence-corrected chi connectivity index (χ3v) is 8.67. The normalized spacial score (nSPS) is 14.4. The van der Waals surface area contributed by atoms with Gasteiger partial charge in [0.15, 0.2) is 4.90 Å². The van der Waals surface area contributed by atoms with Crippen molar-refractivity contribution in [2.75, 3.05) is 13.7 Å². The van der Waals surface area contributed by atoms with E-state index in [9.17, 15) is 18.3 Å². The molecule has 2 aromatic heterocycles. The second-order valence-electron chi connectivity index (χ2n) is 9.60. The molecule has 1 fully saturated rings. The second-order valence-corrected chi connectivity index (χ2v) is 11.5. The minimum atomic E-state index is -4.39. The molecule has 5 rings (SSSR count). The average Bonchev–Trinajstić information content (AvgIpc) is 3.73. The molecule has 196 valence electrons. The van der Waals surface area contributed by atoms with E-state index in [2.05, 4.69) is 9.97 Å². The maximum atomic E-state index is 14.0. The number of pyridine rings is 1. The van der Waals surface area contributed by atoms with Crippen molar-refractivity contribution in [1.29, 1.82) is 0 Å². The van der Waals surface area contributed by atoms with Gasteiger partial charge in [-0.25, -0.2) is 8.42 Å². The maximum Gasteiger partial charge on any atom is 0.277 e. The van der Waals surface area contributed by atoms with Gasteiger partial charge in [-0.05, 0) is 66.1 Å². The van der Waals surface area contributed by atoms with Crippen molar-refractivity contribution in [2.45, 2.75) is 42.0 Å². The first-order valence-electron chi connectivity index (χ1n) is 12.5. The molecule has 38 heavy (non-hydrogen) atoms.